The molecule has 0 fully saturated rings. The molecule has 0 aliphatic rings. The Morgan fingerprint density at radius 1 is 1.44 bits per heavy atom. The lowest BCUT2D eigenvalue weighted by molar-refractivity contribution is 0.0594. The van der Waals surface area contributed by atoms with Gasteiger partial charge in [0.15, 0.2) is 5.69 Å². The maximum absolute atomic E-state index is 11.3. The van der Waals surface area contributed by atoms with Crippen LogP contribution in [-0.2, 0) is 4.74 Å². The van der Waals surface area contributed by atoms with Gasteiger partial charge in [0.25, 0.3) is 0 Å². The molecule has 6 nitrogen and oxygen atoms in total. The predicted octanol–water partition coefficient (Wildman–Crippen LogP) is 1.77. The van der Waals surface area contributed by atoms with Crippen LogP contribution in [0.1, 0.15) is 15.4 Å². The van der Waals surface area contributed by atoms with E-state index in [4.69, 9.17) is 0 Å². The Balaban J connectivity index is 2.06. The van der Waals surface area contributed by atoms with Gasteiger partial charge in [-0.05, 0) is 23.7 Å². The van der Waals surface area contributed by atoms with Crippen LogP contribution in [-0.4, -0.2) is 28.9 Å². The van der Waals surface area contributed by atoms with Gasteiger partial charge in [-0.15, -0.1) is 5.10 Å². The quantitative estimate of drug-likeness (QED) is 0.516. The summed E-state index contributed by atoms with van der Waals surface area (Å²) in [6.45, 7) is 0. The van der Waals surface area contributed by atoms with Crippen molar-refractivity contribution in [1.82, 2.24) is 9.59 Å². The summed E-state index contributed by atoms with van der Waals surface area (Å²) in [4.78, 5) is 11.9. The highest BCUT2D eigenvalue weighted by molar-refractivity contribution is 7.07. The number of methoxy groups -OCH3 is 1. The Kier molecular flexibility index (Phi) is 3.98. The lowest BCUT2D eigenvalue weighted by atomic mass is 10.3. The minimum atomic E-state index is -0.523. The van der Waals surface area contributed by atoms with E-state index in [1.165, 1.54) is 13.3 Å². The first-order chi connectivity index (χ1) is 8.81. The lowest BCUT2D eigenvalue weighted by Gasteiger charge is -1.97. The number of esters is 1. The molecule has 0 aliphatic heterocycles. The maximum Gasteiger partial charge on any atom is 0.360 e. The summed E-state index contributed by atoms with van der Waals surface area (Å²) >= 11 is 1.08. The minimum absolute atomic E-state index is 0.168. The van der Waals surface area contributed by atoms with Crippen molar-refractivity contribution in [2.75, 3.05) is 12.5 Å². The van der Waals surface area contributed by atoms with Gasteiger partial charge in [-0.25, -0.2) is 4.79 Å². The number of carbonyl (C=O) groups is 1. The molecule has 0 saturated heterocycles. The smallest absolute Gasteiger partial charge is 0.360 e. The molecule has 0 saturated carbocycles. The molecule has 7 heteroatoms. The second-order valence-electron chi connectivity index (χ2n) is 3.21. The van der Waals surface area contributed by atoms with Crippen LogP contribution in [0, 0.1) is 0 Å². The molecule has 0 aliphatic carbocycles. The van der Waals surface area contributed by atoms with E-state index in [9.17, 15) is 4.79 Å². The van der Waals surface area contributed by atoms with E-state index in [0.29, 0.717) is 4.88 Å². The number of para-hydroxylation sites is 1. The summed E-state index contributed by atoms with van der Waals surface area (Å²) in [5.41, 5.74) is 3.86. The van der Waals surface area contributed by atoms with E-state index in [-0.39, 0.29) is 5.69 Å². The largest absolute Gasteiger partial charge is 0.464 e. The van der Waals surface area contributed by atoms with Gasteiger partial charge in [-0.2, -0.15) is 5.10 Å². The summed E-state index contributed by atoms with van der Waals surface area (Å²) < 4.78 is 8.27. The number of nitrogens with zero attached hydrogens (tertiary/aromatic N) is 3. The van der Waals surface area contributed by atoms with Crippen LogP contribution >= 0.6 is 11.5 Å². The molecular formula is C11H10N4O2S. The Labute approximate surface area is 107 Å². The number of aromatic nitrogens is 2. The molecule has 0 spiro atoms. The zero-order valence-electron chi connectivity index (χ0n) is 9.53. The standard InChI is InChI=1S/C11H10N4O2S/c1-17-11(16)10-9(18-15-14-10)7-12-13-8-5-3-2-4-6-8/h2-7,13H,1H3. The number of hydrogen-bond acceptors (Lipinski definition) is 7. The summed E-state index contributed by atoms with van der Waals surface area (Å²) in [6, 6.07) is 9.46. The van der Waals surface area contributed by atoms with Gasteiger partial charge in [0.2, 0.25) is 0 Å². The van der Waals surface area contributed by atoms with Crippen LogP contribution in [0.5, 0.6) is 0 Å². The molecule has 1 heterocycles. The first-order valence-corrected chi connectivity index (χ1v) is 5.83. The fourth-order valence-electron chi connectivity index (χ4n) is 1.20. The SMILES string of the molecule is COC(=O)c1nnsc1C=NNc1ccccc1. The van der Waals surface area contributed by atoms with Crippen molar-refractivity contribution in [3.63, 3.8) is 0 Å². The topological polar surface area (TPSA) is 76.5 Å². The van der Waals surface area contributed by atoms with Crippen molar-refractivity contribution in [3.8, 4) is 0 Å². The van der Waals surface area contributed by atoms with Crippen molar-refractivity contribution in [3.05, 3.63) is 40.9 Å². The average molecular weight is 262 g/mol. The number of ether oxygens (including phenoxy) is 1. The van der Waals surface area contributed by atoms with E-state index in [1.54, 1.807) is 0 Å². The van der Waals surface area contributed by atoms with Crippen LogP contribution in [0.3, 0.4) is 0 Å². The molecule has 0 bridgehead atoms. The fourth-order valence-corrected chi connectivity index (χ4v) is 1.72. The molecule has 1 aromatic carbocycles. The van der Waals surface area contributed by atoms with E-state index >= 15 is 0 Å². The number of hydrogen-bond donors (Lipinski definition) is 1. The molecule has 0 amide bonds. The number of benzene rings is 1. The zero-order valence-corrected chi connectivity index (χ0v) is 10.3. The Morgan fingerprint density at radius 2 is 2.22 bits per heavy atom. The first kappa shape index (κ1) is 12.2. The molecule has 1 N–H and O–H groups in total. The molecule has 0 unspecified atom stereocenters. The number of anilines is 1. The molecule has 2 aromatic rings. The summed E-state index contributed by atoms with van der Waals surface area (Å²) in [7, 11) is 1.30. The molecule has 2 rings (SSSR count). The predicted molar refractivity (Wildman–Crippen MR) is 68.9 cm³/mol. The zero-order chi connectivity index (χ0) is 12.8. The van der Waals surface area contributed by atoms with Crippen molar-refractivity contribution >= 4 is 29.4 Å². The second-order valence-corrected chi connectivity index (χ2v) is 4.00. The van der Waals surface area contributed by atoms with Crippen molar-refractivity contribution in [2.45, 2.75) is 0 Å². The number of rotatable bonds is 4. The van der Waals surface area contributed by atoms with E-state index in [0.717, 1.165) is 17.2 Å². The highest BCUT2D eigenvalue weighted by Crippen LogP contribution is 2.09. The summed E-state index contributed by atoms with van der Waals surface area (Å²) in [5.74, 6) is -0.523. The van der Waals surface area contributed by atoms with Gasteiger partial charge in [-0.3, -0.25) is 5.43 Å². The van der Waals surface area contributed by atoms with Crippen LogP contribution in [0.4, 0.5) is 5.69 Å². The van der Waals surface area contributed by atoms with Crippen LogP contribution in [0.15, 0.2) is 35.4 Å². The Hall–Kier alpha value is -2.28. The normalized spacial score (nSPS) is 10.5. The third-order valence-electron chi connectivity index (χ3n) is 2.04. The lowest BCUT2D eigenvalue weighted by Crippen LogP contribution is -2.05. The van der Waals surface area contributed by atoms with Gasteiger partial charge in [0, 0.05) is 0 Å². The third kappa shape index (κ3) is 2.89. The van der Waals surface area contributed by atoms with Crippen molar-refractivity contribution in [1.29, 1.82) is 0 Å². The number of carbonyl (C=O) groups excluding carboxylic acids is 1. The highest BCUT2D eigenvalue weighted by Gasteiger charge is 2.15. The Bertz CT molecular complexity index is 553. The van der Waals surface area contributed by atoms with Crippen molar-refractivity contribution < 1.29 is 9.53 Å². The first-order valence-electron chi connectivity index (χ1n) is 5.06. The third-order valence-corrected chi connectivity index (χ3v) is 2.70. The molecule has 0 atom stereocenters. The monoisotopic (exact) mass is 262 g/mol. The van der Waals surface area contributed by atoms with Crippen LogP contribution in [0.2, 0.25) is 0 Å². The highest BCUT2D eigenvalue weighted by atomic mass is 32.1. The van der Waals surface area contributed by atoms with Crippen molar-refractivity contribution in [2.24, 2.45) is 5.10 Å². The number of hydrazone groups is 1. The summed E-state index contributed by atoms with van der Waals surface area (Å²) in [6.07, 6.45) is 1.49. The van der Waals surface area contributed by atoms with Gasteiger partial charge in [-0.1, -0.05) is 22.7 Å². The molecule has 18 heavy (non-hydrogen) atoms. The average Bonchev–Trinajstić information content (AvgIpc) is 2.87. The van der Waals surface area contributed by atoms with E-state index in [2.05, 4.69) is 24.9 Å². The second kappa shape index (κ2) is 5.87. The number of nitrogens with one attached hydrogen (secondary N) is 1. The van der Waals surface area contributed by atoms with Gasteiger partial charge < -0.3 is 4.74 Å². The fraction of sp³-hybridized carbons (Fsp3) is 0.0909. The Morgan fingerprint density at radius 3 is 2.94 bits per heavy atom. The van der Waals surface area contributed by atoms with Gasteiger partial charge in [0.05, 0.1) is 19.0 Å². The van der Waals surface area contributed by atoms with Gasteiger partial charge >= 0.3 is 5.97 Å². The van der Waals surface area contributed by atoms with E-state index < -0.39 is 5.97 Å². The molecule has 1 aromatic heterocycles. The molecule has 92 valence electrons. The minimum Gasteiger partial charge on any atom is -0.464 e. The van der Waals surface area contributed by atoms with Gasteiger partial charge in [0.1, 0.15) is 4.88 Å². The maximum atomic E-state index is 11.3. The summed E-state index contributed by atoms with van der Waals surface area (Å²) in [5, 5.41) is 7.70. The van der Waals surface area contributed by atoms with E-state index in [1.807, 2.05) is 30.3 Å². The molecule has 0 radical (unpaired) electrons. The molecular weight excluding hydrogens is 252 g/mol. The van der Waals surface area contributed by atoms with Crippen LogP contribution in [0.25, 0.3) is 0 Å². The van der Waals surface area contributed by atoms with Crippen LogP contribution < -0.4 is 5.43 Å².